The standard InChI is InChI=1S/C20H23IN2O4/c1-5-26-16-8-6-15(7-9-16)20(24)23-22-12-14-10-17(21)19(27-13(2)3)18(11-14)25-4/h6-13H,5H2,1-4H3,(H,23,24)/b22-12-. The van der Waals surface area contributed by atoms with Gasteiger partial charge in [0.25, 0.3) is 5.91 Å². The van der Waals surface area contributed by atoms with Crippen LogP contribution < -0.4 is 19.6 Å². The Labute approximate surface area is 173 Å². The fraction of sp³-hybridized carbons (Fsp3) is 0.300. The summed E-state index contributed by atoms with van der Waals surface area (Å²) >= 11 is 2.19. The molecule has 144 valence electrons. The summed E-state index contributed by atoms with van der Waals surface area (Å²) in [6.07, 6.45) is 1.61. The summed E-state index contributed by atoms with van der Waals surface area (Å²) < 4.78 is 17.5. The Morgan fingerprint density at radius 2 is 1.96 bits per heavy atom. The monoisotopic (exact) mass is 482 g/mol. The van der Waals surface area contributed by atoms with E-state index in [0.29, 0.717) is 23.7 Å². The number of hydrogen-bond donors (Lipinski definition) is 1. The lowest BCUT2D eigenvalue weighted by molar-refractivity contribution is 0.0955. The third-order valence-corrected chi connectivity index (χ3v) is 4.21. The van der Waals surface area contributed by atoms with E-state index in [1.54, 1.807) is 37.6 Å². The van der Waals surface area contributed by atoms with Crippen LogP contribution in [0.5, 0.6) is 17.2 Å². The molecule has 27 heavy (non-hydrogen) atoms. The van der Waals surface area contributed by atoms with Crippen molar-refractivity contribution in [3.05, 3.63) is 51.1 Å². The number of benzene rings is 2. The van der Waals surface area contributed by atoms with Crippen LogP contribution >= 0.6 is 22.6 Å². The topological polar surface area (TPSA) is 69.2 Å². The molecule has 2 aromatic carbocycles. The van der Waals surface area contributed by atoms with Gasteiger partial charge in [-0.15, -0.1) is 0 Å². The molecule has 0 unspecified atom stereocenters. The van der Waals surface area contributed by atoms with Gasteiger partial charge in [-0.1, -0.05) is 0 Å². The summed E-state index contributed by atoms with van der Waals surface area (Å²) in [6, 6.07) is 10.6. The van der Waals surface area contributed by atoms with Gasteiger partial charge in [0.15, 0.2) is 11.5 Å². The molecule has 2 rings (SSSR count). The van der Waals surface area contributed by atoms with E-state index in [9.17, 15) is 4.79 Å². The molecule has 1 amide bonds. The smallest absolute Gasteiger partial charge is 0.271 e. The molecular formula is C20H23IN2O4. The summed E-state index contributed by atoms with van der Waals surface area (Å²) in [5, 5.41) is 4.03. The van der Waals surface area contributed by atoms with Gasteiger partial charge in [0.2, 0.25) is 0 Å². The molecule has 0 saturated heterocycles. The van der Waals surface area contributed by atoms with Crippen molar-refractivity contribution < 1.29 is 19.0 Å². The van der Waals surface area contributed by atoms with Crippen molar-refractivity contribution in [1.82, 2.24) is 5.43 Å². The highest BCUT2D eigenvalue weighted by atomic mass is 127. The van der Waals surface area contributed by atoms with Crippen LogP contribution in [0.15, 0.2) is 41.5 Å². The minimum Gasteiger partial charge on any atom is -0.494 e. The zero-order valence-electron chi connectivity index (χ0n) is 15.8. The minimum atomic E-state index is -0.296. The van der Waals surface area contributed by atoms with Gasteiger partial charge >= 0.3 is 0 Å². The van der Waals surface area contributed by atoms with Crippen molar-refractivity contribution in [1.29, 1.82) is 0 Å². The van der Waals surface area contributed by atoms with Gasteiger partial charge in [-0.25, -0.2) is 5.43 Å². The van der Waals surface area contributed by atoms with Crippen LogP contribution in [0.2, 0.25) is 0 Å². The maximum absolute atomic E-state index is 12.2. The first-order valence-corrected chi connectivity index (χ1v) is 9.63. The molecule has 0 aliphatic heterocycles. The molecule has 0 heterocycles. The zero-order valence-corrected chi connectivity index (χ0v) is 17.9. The predicted octanol–water partition coefficient (Wildman–Crippen LogP) is 4.25. The highest BCUT2D eigenvalue weighted by molar-refractivity contribution is 14.1. The Morgan fingerprint density at radius 1 is 1.26 bits per heavy atom. The lowest BCUT2D eigenvalue weighted by Gasteiger charge is -2.15. The molecule has 0 atom stereocenters. The number of hydrazone groups is 1. The van der Waals surface area contributed by atoms with Crippen molar-refractivity contribution in [3.63, 3.8) is 0 Å². The number of nitrogens with zero attached hydrogens (tertiary/aromatic N) is 1. The average Bonchev–Trinajstić information content (AvgIpc) is 2.64. The number of methoxy groups -OCH3 is 1. The molecule has 2 aromatic rings. The van der Waals surface area contributed by atoms with E-state index >= 15 is 0 Å². The first-order chi connectivity index (χ1) is 12.9. The van der Waals surface area contributed by atoms with Gasteiger partial charge in [0.05, 0.1) is 29.6 Å². The summed E-state index contributed by atoms with van der Waals surface area (Å²) in [6.45, 7) is 6.41. The number of nitrogens with one attached hydrogen (secondary N) is 1. The number of carbonyl (C=O) groups excluding carboxylic acids is 1. The van der Waals surface area contributed by atoms with Gasteiger partial charge in [-0.2, -0.15) is 5.10 Å². The zero-order chi connectivity index (χ0) is 19.8. The van der Waals surface area contributed by atoms with Gasteiger partial charge in [-0.05, 0) is 85.3 Å². The second kappa shape index (κ2) is 10.1. The third-order valence-electron chi connectivity index (χ3n) is 3.41. The molecule has 0 bridgehead atoms. The van der Waals surface area contributed by atoms with Gasteiger partial charge in [0, 0.05) is 5.56 Å². The highest BCUT2D eigenvalue weighted by Crippen LogP contribution is 2.34. The third kappa shape index (κ3) is 6.13. The van der Waals surface area contributed by atoms with Crippen molar-refractivity contribution in [2.24, 2.45) is 5.10 Å². The van der Waals surface area contributed by atoms with Gasteiger partial charge in [-0.3, -0.25) is 4.79 Å². The second-order valence-electron chi connectivity index (χ2n) is 5.86. The molecule has 0 aliphatic carbocycles. The molecule has 0 fully saturated rings. The lowest BCUT2D eigenvalue weighted by Crippen LogP contribution is -2.17. The second-order valence-corrected chi connectivity index (χ2v) is 7.02. The molecule has 0 aromatic heterocycles. The number of ether oxygens (including phenoxy) is 3. The molecule has 7 heteroatoms. The summed E-state index contributed by atoms with van der Waals surface area (Å²) in [4.78, 5) is 12.2. The number of amides is 1. The van der Waals surface area contributed by atoms with E-state index in [4.69, 9.17) is 14.2 Å². The maximum Gasteiger partial charge on any atom is 0.271 e. The molecule has 1 N–H and O–H groups in total. The van der Waals surface area contributed by atoms with Crippen LogP contribution in [0.25, 0.3) is 0 Å². The first kappa shape index (κ1) is 21.0. The van der Waals surface area contributed by atoms with E-state index in [0.717, 1.165) is 14.9 Å². The lowest BCUT2D eigenvalue weighted by atomic mass is 10.2. The Balaban J connectivity index is 2.06. The van der Waals surface area contributed by atoms with Crippen molar-refractivity contribution in [3.8, 4) is 17.2 Å². The van der Waals surface area contributed by atoms with Crippen LogP contribution in [0.4, 0.5) is 0 Å². The normalized spacial score (nSPS) is 10.9. The van der Waals surface area contributed by atoms with E-state index in [2.05, 4.69) is 33.1 Å². The van der Waals surface area contributed by atoms with Gasteiger partial charge < -0.3 is 14.2 Å². The molecule has 0 spiro atoms. The largest absolute Gasteiger partial charge is 0.494 e. The molecular weight excluding hydrogens is 459 g/mol. The van der Waals surface area contributed by atoms with E-state index in [1.807, 2.05) is 32.9 Å². The highest BCUT2D eigenvalue weighted by Gasteiger charge is 2.12. The fourth-order valence-electron chi connectivity index (χ4n) is 2.26. The summed E-state index contributed by atoms with van der Waals surface area (Å²) in [5.74, 6) is 1.75. The predicted molar refractivity (Wildman–Crippen MR) is 114 cm³/mol. The molecule has 0 saturated carbocycles. The van der Waals surface area contributed by atoms with Crippen molar-refractivity contribution >= 4 is 34.7 Å². The molecule has 0 aliphatic rings. The Bertz CT molecular complexity index is 804. The summed E-state index contributed by atoms with van der Waals surface area (Å²) in [7, 11) is 1.59. The fourth-order valence-corrected chi connectivity index (χ4v) is 3.02. The van der Waals surface area contributed by atoms with Crippen molar-refractivity contribution in [2.45, 2.75) is 26.9 Å². The van der Waals surface area contributed by atoms with Crippen LogP contribution in [0.3, 0.4) is 0 Å². The number of halogens is 1. The number of carbonyl (C=O) groups is 1. The maximum atomic E-state index is 12.2. The van der Waals surface area contributed by atoms with Gasteiger partial charge in [0.1, 0.15) is 5.75 Å². The van der Waals surface area contributed by atoms with E-state index < -0.39 is 0 Å². The van der Waals surface area contributed by atoms with Crippen LogP contribution in [-0.4, -0.2) is 31.9 Å². The molecule has 6 nitrogen and oxygen atoms in total. The SMILES string of the molecule is CCOc1ccc(C(=O)N/N=C\c2cc(I)c(OC(C)C)c(OC)c2)cc1. The first-order valence-electron chi connectivity index (χ1n) is 8.55. The van der Waals surface area contributed by atoms with Crippen LogP contribution in [0.1, 0.15) is 36.7 Å². The Kier molecular flexibility index (Phi) is 7.90. The quantitative estimate of drug-likeness (QED) is 0.347. The number of rotatable bonds is 8. The minimum absolute atomic E-state index is 0.0420. The van der Waals surface area contributed by atoms with Crippen LogP contribution in [0, 0.1) is 3.57 Å². The van der Waals surface area contributed by atoms with E-state index in [-0.39, 0.29) is 12.0 Å². The Hall–Kier alpha value is -2.29. The molecule has 0 radical (unpaired) electrons. The average molecular weight is 482 g/mol. The van der Waals surface area contributed by atoms with Crippen molar-refractivity contribution in [2.75, 3.05) is 13.7 Å². The van der Waals surface area contributed by atoms with Crippen LogP contribution in [-0.2, 0) is 0 Å². The number of hydrogen-bond acceptors (Lipinski definition) is 5. The Morgan fingerprint density at radius 3 is 2.56 bits per heavy atom. The summed E-state index contributed by atoms with van der Waals surface area (Å²) in [5.41, 5.74) is 3.81. The van der Waals surface area contributed by atoms with E-state index in [1.165, 1.54) is 0 Å².